The molecule has 0 aromatic carbocycles. The first-order valence-corrected chi connectivity index (χ1v) is 6.63. The lowest BCUT2D eigenvalue weighted by molar-refractivity contribution is -0.140. The van der Waals surface area contributed by atoms with E-state index in [2.05, 4.69) is 10.6 Å². The molecule has 92 valence electrons. The minimum Gasteiger partial charge on any atom is -0.480 e. The molecule has 0 heterocycles. The lowest BCUT2D eigenvalue weighted by Crippen LogP contribution is -2.48. The largest absolute Gasteiger partial charge is 0.480 e. The molecule has 0 aromatic heterocycles. The minimum absolute atomic E-state index is 0.294. The van der Waals surface area contributed by atoms with Gasteiger partial charge in [0.15, 0.2) is 0 Å². The molecule has 0 radical (unpaired) electrons. The molecule has 1 unspecified atom stereocenters. The first kappa shape index (κ1) is 13.0. The molecule has 3 N–H and O–H groups in total. The third-order valence-electron chi connectivity index (χ3n) is 2.45. The second-order valence-electron chi connectivity index (χ2n) is 3.70. The number of urea groups is 1. The van der Waals surface area contributed by atoms with Crippen LogP contribution in [0.5, 0.6) is 0 Å². The van der Waals surface area contributed by atoms with Crippen molar-refractivity contribution < 1.29 is 18.9 Å². The molecule has 16 heavy (non-hydrogen) atoms. The third-order valence-corrected chi connectivity index (χ3v) is 3.75. The van der Waals surface area contributed by atoms with Gasteiger partial charge in [0.2, 0.25) is 0 Å². The van der Waals surface area contributed by atoms with Crippen LogP contribution >= 0.6 is 0 Å². The molecule has 2 amide bonds. The molecule has 0 bridgehead atoms. The molecular formula is C9H16N2O4S. The smallest absolute Gasteiger partial charge is 0.329 e. The number of rotatable bonds is 6. The summed E-state index contributed by atoms with van der Waals surface area (Å²) in [5, 5.41) is 13.7. The Morgan fingerprint density at radius 2 is 2.06 bits per heavy atom. The molecule has 0 aliphatic heterocycles. The van der Waals surface area contributed by atoms with Gasteiger partial charge in [-0.15, -0.1) is 0 Å². The van der Waals surface area contributed by atoms with Crippen LogP contribution in [0, 0.1) is 0 Å². The van der Waals surface area contributed by atoms with Crippen molar-refractivity contribution >= 4 is 22.8 Å². The van der Waals surface area contributed by atoms with Crippen LogP contribution in [0.1, 0.15) is 19.8 Å². The van der Waals surface area contributed by atoms with E-state index in [4.69, 9.17) is 5.11 Å². The Morgan fingerprint density at radius 3 is 2.50 bits per heavy atom. The summed E-state index contributed by atoms with van der Waals surface area (Å²) >= 11 is 0. The van der Waals surface area contributed by atoms with Crippen molar-refractivity contribution in [1.29, 1.82) is 0 Å². The van der Waals surface area contributed by atoms with Crippen molar-refractivity contribution in [3.05, 3.63) is 0 Å². The molecule has 0 aromatic rings. The Labute approximate surface area is 96.2 Å². The number of aliphatic carboxylic acids is 1. The summed E-state index contributed by atoms with van der Waals surface area (Å²) in [4.78, 5) is 22.0. The number of amides is 2. The van der Waals surface area contributed by atoms with Gasteiger partial charge in [-0.1, -0.05) is 6.92 Å². The number of carbonyl (C=O) groups excluding carboxylic acids is 1. The van der Waals surface area contributed by atoms with Crippen LogP contribution in [0.3, 0.4) is 0 Å². The second kappa shape index (κ2) is 5.29. The maximum atomic E-state index is 11.3. The van der Waals surface area contributed by atoms with E-state index in [1.165, 1.54) is 0 Å². The highest BCUT2D eigenvalue weighted by atomic mass is 32.2. The van der Waals surface area contributed by atoms with Crippen LogP contribution in [0.4, 0.5) is 4.79 Å². The fraction of sp³-hybridized carbons (Fsp3) is 0.778. The number of hydrogen-bond acceptors (Lipinski definition) is 3. The third kappa shape index (κ3) is 3.48. The van der Waals surface area contributed by atoms with E-state index < -0.39 is 28.3 Å². The van der Waals surface area contributed by atoms with E-state index in [1.54, 1.807) is 6.92 Å². The molecule has 1 rings (SSSR count). The predicted molar refractivity (Wildman–Crippen MR) is 59.7 cm³/mol. The molecule has 1 aliphatic carbocycles. The standard InChI is InChI=1S/C9H16N2O4S/c1-2-16(15)6-5-10-8(14)11-9(3-4-9)7(12)13/h2-6H2,1H3,(H,12,13)(H2,10,11,14). The Bertz CT molecular complexity index is 315. The molecule has 6 nitrogen and oxygen atoms in total. The van der Waals surface area contributed by atoms with Crippen LogP contribution in [0.25, 0.3) is 0 Å². The first-order chi connectivity index (χ1) is 7.50. The van der Waals surface area contributed by atoms with E-state index in [0.717, 1.165) is 0 Å². The van der Waals surface area contributed by atoms with Gasteiger partial charge in [-0.2, -0.15) is 0 Å². The zero-order valence-corrected chi connectivity index (χ0v) is 9.93. The molecule has 7 heteroatoms. The highest BCUT2D eigenvalue weighted by Gasteiger charge is 2.51. The van der Waals surface area contributed by atoms with Crippen LogP contribution in [-0.2, 0) is 15.6 Å². The van der Waals surface area contributed by atoms with E-state index in [9.17, 15) is 13.8 Å². The van der Waals surface area contributed by atoms with Crippen molar-refractivity contribution in [2.75, 3.05) is 18.1 Å². The average molecular weight is 248 g/mol. The summed E-state index contributed by atoms with van der Waals surface area (Å²) in [5.41, 5.74) is -1.06. The Kier molecular flexibility index (Phi) is 4.28. The van der Waals surface area contributed by atoms with Gasteiger partial charge in [0.05, 0.1) is 0 Å². The molecular weight excluding hydrogens is 232 g/mol. The molecule has 0 saturated heterocycles. The van der Waals surface area contributed by atoms with Gasteiger partial charge >= 0.3 is 12.0 Å². The van der Waals surface area contributed by atoms with Gasteiger partial charge in [0.25, 0.3) is 0 Å². The Morgan fingerprint density at radius 1 is 1.44 bits per heavy atom. The van der Waals surface area contributed by atoms with Crippen LogP contribution in [0.2, 0.25) is 0 Å². The highest BCUT2D eigenvalue weighted by molar-refractivity contribution is 7.84. The quantitative estimate of drug-likeness (QED) is 0.600. The van der Waals surface area contributed by atoms with Crippen molar-refractivity contribution in [3.8, 4) is 0 Å². The number of hydrogen-bond donors (Lipinski definition) is 3. The Balaban J connectivity index is 2.22. The van der Waals surface area contributed by atoms with Gasteiger partial charge < -0.3 is 15.7 Å². The Hall–Kier alpha value is -1.11. The maximum Gasteiger partial charge on any atom is 0.329 e. The minimum atomic E-state index is -1.06. The maximum absolute atomic E-state index is 11.3. The topological polar surface area (TPSA) is 95.5 Å². The highest BCUT2D eigenvalue weighted by Crippen LogP contribution is 2.35. The van der Waals surface area contributed by atoms with Crippen molar-refractivity contribution in [2.24, 2.45) is 0 Å². The number of carboxylic acid groups (broad SMARTS) is 1. The summed E-state index contributed by atoms with van der Waals surface area (Å²) in [6.45, 7) is 2.10. The van der Waals surface area contributed by atoms with E-state index in [-0.39, 0.29) is 0 Å². The molecule has 1 saturated carbocycles. The molecule has 1 atom stereocenters. The van der Waals surface area contributed by atoms with Crippen molar-refractivity contribution in [1.82, 2.24) is 10.6 Å². The van der Waals surface area contributed by atoms with Crippen molar-refractivity contribution in [2.45, 2.75) is 25.3 Å². The normalized spacial score (nSPS) is 18.6. The van der Waals surface area contributed by atoms with Crippen molar-refractivity contribution in [3.63, 3.8) is 0 Å². The van der Waals surface area contributed by atoms with Gasteiger partial charge in [-0.3, -0.25) is 4.21 Å². The summed E-state index contributed by atoms with van der Waals surface area (Å²) in [6.07, 6.45) is 0.938. The monoisotopic (exact) mass is 248 g/mol. The lowest BCUT2D eigenvalue weighted by Gasteiger charge is -2.12. The fourth-order valence-electron chi connectivity index (χ4n) is 1.20. The van der Waals surface area contributed by atoms with E-state index in [1.807, 2.05) is 0 Å². The zero-order chi connectivity index (χ0) is 12.2. The van der Waals surface area contributed by atoms with Gasteiger partial charge in [-0.05, 0) is 12.8 Å². The first-order valence-electron chi connectivity index (χ1n) is 5.14. The van der Waals surface area contributed by atoms with E-state index in [0.29, 0.717) is 30.9 Å². The summed E-state index contributed by atoms with van der Waals surface area (Å²) in [5.74, 6) is -0.0495. The zero-order valence-electron chi connectivity index (χ0n) is 9.12. The van der Waals surface area contributed by atoms with Gasteiger partial charge in [0.1, 0.15) is 5.54 Å². The fourth-order valence-corrected chi connectivity index (χ4v) is 1.82. The van der Waals surface area contributed by atoms with Crippen LogP contribution in [-0.4, -0.2) is 44.9 Å². The SMILES string of the molecule is CCS(=O)CCNC(=O)NC1(C(=O)O)CC1. The average Bonchev–Trinajstić information content (AvgIpc) is 2.98. The molecule has 0 spiro atoms. The molecule has 1 aliphatic rings. The number of nitrogens with one attached hydrogen (secondary N) is 2. The summed E-state index contributed by atoms with van der Waals surface area (Å²) < 4.78 is 11.0. The van der Waals surface area contributed by atoms with E-state index >= 15 is 0 Å². The van der Waals surface area contributed by atoms with Crippen LogP contribution < -0.4 is 10.6 Å². The van der Waals surface area contributed by atoms with Crippen LogP contribution in [0.15, 0.2) is 0 Å². The number of carbonyl (C=O) groups is 2. The molecule has 1 fully saturated rings. The summed E-state index contributed by atoms with van der Waals surface area (Å²) in [7, 11) is -0.919. The van der Waals surface area contributed by atoms with Gasteiger partial charge in [0, 0.05) is 28.9 Å². The second-order valence-corrected chi connectivity index (χ2v) is 5.57. The summed E-state index contributed by atoms with van der Waals surface area (Å²) in [6, 6.07) is -0.506. The predicted octanol–water partition coefficient (Wildman–Crippen LogP) is -0.329. The van der Waals surface area contributed by atoms with Gasteiger partial charge in [-0.25, -0.2) is 9.59 Å². The number of carboxylic acids is 1. The lowest BCUT2D eigenvalue weighted by atomic mass is 10.3.